The predicted molar refractivity (Wildman–Crippen MR) is 84.3 cm³/mol. The molecular weight excluding hydrogens is 264 g/mol. The average molecular weight is 286 g/mol. The Morgan fingerprint density at radius 3 is 2.57 bits per heavy atom. The summed E-state index contributed by atoms with van der Waals surface area (Å²) in [4.78, 5) is 11.8. The Kier molecular flexibility index (Phi) is 4.98. The number of amides is 1. The number of carbonyl (C=O) groups excluding carboxylic acids is 1. The molecule has 0 aliphatic rings. The second-order valence-electron chi connectivity index (χ2n) is 5.26. The van der Waals surface area contributed by atoms with E-state index in [1.54, 1.807) is 0 Å². The Bertz CT molecular complexity index is 587. The SMILES string of the molecule is CCn1cc(CNc2ccc(C(=O)NC(C)C)cc2)cn1. The van der Waals surface area contributed by atoms with E-state index in [0.29, 0.717) is 5.56 Å². The van der Waals surface area contributed by atoms with Gasteiger partial charge in [-0.2, -0.15) is 5.10 Å². The van der Waals surface area contributed by atoms with E-state index in [-0.39, 0.29) is 11.9 Å². The molecule has 2 aromatic rings. The van der Waals surface area contributed by atoms with Gasteiger partial charge < -0.3 is 10.6 Å². The minimum atomic E-state index is -0.0410. The smallest absolute Gasteiger partial charge is 0.251 e. The summed E-state index contributed by atoms with van der Waals surface area (Å²) < 4.78 is 1.90. The third kappa shape index (κ3) is 4.34. The highest BCUT2D eigenvalue weighted by atomic mass is 16.1. The van der Waals surface area contributed by atoms with Gasteiger partial charge in [-0.1, -0.05) is 0 Å². The topological polar surface area (TPSA) is 59.0 Å². The standard InChI is InChI=1S/C16H22N4O/c1-4-20-11-13(10-18-20)9-17-15-7-5-14(6-8-15)16(21)19-12(2)3/h5-8,10-12,17H,4,9H2,1-3H3,(H,19,21). The average Bonchev–Trinajstić information content (AvgIpc) is 2.93. The molecule has 1 heterocycles. The van der Waals surface area contributed by atoms with Crippen molar-refractivity contribution in [2.75, 3.05) is 5.32 Å². The number of nitrogens with zero attached hydrogens (tertiary/aromatic N) is 2. The largest absolute Gasteiger partial charge is 0.381 e. The lowest BCUT2D eigenvalue weighted by Gasteiger charge is -2.09. The molecule has 1 amide bonds. The second-order valence-corrected chi connectivity index (χ2v) is 5.26. The van der Waals surface area contributed by atoms with E-state index in [2.05, 4.69) is 22.7 Å². The number of anilines is 1. The van der Waals surface area contributed by atoms with Crippen molar-refractivity contribution in [2.24, 2.45) is 0 Å². The highest BCUT2D eigenvalue weighted by molar-refractivity contribution is 5.94. The first-order chi connectivity index (χ1) is 10.1. The van der Waals surface area contributed by atoms with Crippen LogP contribution in [0.3, 0.4) is 0 Å². The molecule has 5 heteroatoms. The number of rotatable bonds is 6. The van der Waals surface area contributed by atoms with Gasteiger partial charge in [0.1, 0.15) is 0 Å². The Labute approximate surface area is 125 Å². The van der Waals surface area contributed by atoms with E-state index < -0.39 is 0 Å². The van der Waals surface area contributed by atoms with E-state index >= 15 is 0 Å². The number of aryl methyl sites for hydroxylation is 1. The molecule has 0 bridgehead atoms. The van der Waals surface area contributed by atoms with Crippen LogP contribution in [0.15, 0.2) is 36.7 Å². The van der Waals surface area contributed by atoms with Crippen molar-refractivity contribution in [3.05, 3.63) is 47.8 Å². The lowest BCUT2D eigenvalue weighted by atomic mass is 10.2. The van der Waals surface area contributed by atoms with Crippen LogP contribution in [0.25, 0.3) is 0 Å². The van der Waals surface area contributed by atoms with Gasteiger partial charge >= 0.3 is 0 Å². The fourth-order valence-electron chi connectivity index (χ4n) is 1.96. The lowest BCUT2D eigenvalue weighted by Crippen LogP contribution is -2.29. The molecule has 0 aliphatic heterocycles. The van der Waals surface area contributed by atoms with E-state index in [0.717, 1.165) is 24.3 Å². The lowest BCUT2D eigenvalue weighted by molar-refractivity contribution is 0.0943. The molecule has 21 heavy (non-hydrogen) atoms. The van der Waals surface area contributed by atoms with E-state index in [1.807, 2.05) is 55.2 Å². The van der Waals surface area contributed by atoms with Crippen molar-refractivity contribution in [1.29, 1.82) is 0 Å². The van der Waals surface area contributed by atoms with Gasteiger partial charge in [0.25, 0.3) is 5.91 Å². The summed E-state index contributed by atoms with van der Waals surface area (Å²) in [7, 11) is 0. The molecule has 2 rings (SSSR count). The maximum atomic E-state index is 11.8. The molecule has 5 nitrogen and oxygen atoms in total. The van der Waals surface area contributed by atoms with E-state index in [1.165, 1.54) is 0 Å². The molecule has 0 atom stereocenters. The zero-order valence-electron chi connectivity index (χ0n) is 12.8. The molecule has 0 unspecified atom stereocenters. The molecule has 0 saturated carbocycles. The summed E-state index contributed by atoms with van der Waals surface area (Å²) in [5.74, 6) is -0.0410. The van der Waals surface area contributed by atoms with Crippen molar-refractivity contribution in [2.45, 2.75) is 39.9 Å². The van der Waals surface area contributed by atoms with Crippen LogP contribution in [-0.4, -0.2) is 21.7 Å². The molecule has 0 fully saturated rings. The van der Waals surface area contributed by atoms with Gasteiger partial charge in [0, 0.05) is 42.1 Å². The van der Waals surface area contributed by atoms with Gasteiger partial charge in [0.05, 0.1) is 6.20 Å². The third-order valence-electron chi connectivity index (χ3n) is 3.07. The summed E-state index contributed by atoms with van der Waals surface area (Å²) in [5.41, 5.74) is 2.80. The zero-order chi connectivity index (χ0) is 15.2. The fourth-order valence-corrected chi connectivity index (χ4v) is 1.96. The van der Waals surface area contributed by atoms with Crippen LogP contribution in [-0.2, 0) is 13.1 Å². The highest BCUT2D eigenvalue weighted by Crippen LogP contribution is 2.11. The maximum absolute atomic E-state index is 11.8. The summed E-state index contributed by atoms with van der Waals surface area (Å²) in [6.45, 7) is 7.55. The molecule has 0 spiro atoms. The molecule has 1 aromatic carbocycles. The van der Waals surface area contributed by atoms with Crippen molar-refractivity contribution in [1.82, 2.24) is 15.1 Å². The van der Waals surface area contributed by atoms with Crippen LogP contribution < -0.4 is 10.6 Å². The van der Waals surface area contributed by atoms with Gasteiger partial charge in [-0.25, -0.2) is 0 Å². The Morgan fingerprint density at radius 2 is 2.00 bits per heavy atom. The predicted octanol–water partition coefficient (Wildman–Crippen LogP) is 2.65. The maximum Gasteiger partial charge on any atom is 0.251 e. The van der Waals surface area contributed by atoms with Gasteiger partial charge in [-0.3, -0.25) is 9.48 Å². The Morgan fingerprint density at radius 1 is 1.29 bits per heavy atom. The first-order valence-corrected chi connectivity index (χ1v) is 7.24. The van der Waals surface area contributed by atoms with Crippen molar-refractivity contribution in [3.8, 4) is 0 Å². The number of aromatic nitrogens is 2. The summed E-state index contributed by atoms with van der Waals surface area (Å²) in [5, 5.41) is 10.4. The molecule has 2 N–H and O–H groups in total. The minimum Gasteiger partial charge on any atom is -0.381 e. The van der Waals surface area contributed by atoms with E-state index in [4.69, 9.17) is 0 Å². The highest BCUT2D eigenvalue weighted by Gasteiger charge is 2.06. The van der Waals surface area contributed by atoms with Crippen LogP contribution in [0.4, 0.5) is 5.69 Å². The Balaban J connectivity index is 1.91. The van der Waals surface area contributed by atoms with Gasteiger partial charge in [0.2, 0.25) is 0 Å². The number of hydrogen-bond donors (Lipinski definition) is 2. The van der Waals surface area contributed by atoms with Crippen LogP contribution >= 0.6 is 0 Å². The monoisotopic (exact) mass is 286 g/mol. The molecule has 1 aromatic heterocycles. The first kappa shape index (κ1) is 15.1. The van der Waals surface area contributed by atoms with Crippen LogP contribution in [0.5, 0.6) is 0 Å². The third-order valence-corrected chi connectivity index (χ3v) is 3.07. The molecule has 0 aliphatic carbocycles. The van der Waals surface area contributed by atoms with Crippen LogP contribution in [0.1, 0.15) is 36.7 Å². The summed E-state index contributed by atoms with van der Waals surface area (Å²) >= 11 is 0. The molecule has 112 valence electrons. The zero-order valence-corrected chi connectivity index (χ0v) is 12.8. The summed E-state index contributed by atoms with van der Waals surface area (Å²) in [6, 6.07) is 7.63. The van der Waals surface area contributed by atoms with Crippen LogP contribution in [0.2, 0.25) is 0 Å². The van der Waals surface area contributed by atoms with Crippen molar-refractivity contribution in [3.63, 3.8) is 0 Å². The number of carbonyl (C=O) groups is 1. The summed E-state index contributed by atoms with van der Waals surface area (Å²) in [6.07, 6.45) is 3.89. The Hall–Kier alpha value is -2.30. The number of benzene rings is 1. The number of hydrogen-bond acceptors (Lipinski definition) is 3. The van der Waals surface area contributed by atoms with Gasteiger partial charge in [-0.15, -0.1) is 0 Å². The first-order valence-electron chi connectivity index (χ1n) is 7.24. The van der Waals surface area contributed by atoms with Crippen molar-refractivity contribution >= 4 is 11.6 Å². The molecule has 0 saturated heterocycles. The van der Waals surface area contributed by atoms with Gasteiger partial charge in [-0.05, 0) is 45.0 Å². The van der Waals surface area contributed by atoms with Gasteiger partial charge in [0.15, 0.2) is 0 Å². The minimum absolute atomic E-state index is 0.0410. The fraction of sp³-hybridized carbons (Fsp3) is 0.375. The molecule has 0 radical (unpaired) electrons. The van der Waals surface area contributed by atoms with E-state index in [9.17, 15) is 4.79 Å². The van der Waals surface area contributed by atoms with Crippen LogP contribution in [0, 0.1) is 0 Å². The normalized spacial score (nSPS) is 10.7. The number of nitrogens with one attached hydrogen (secondary N) is 2. The van der Waals surface area contributed by atoms with Crippen molar-refractivity contribution < 1.29 is 4.79 Å². The molecular formula is C16H22N4O. The quantitative estimate of drug-likeness (QED) is 0.858. The second kappa shape index (κ2) is 6.92.